The smallest absolute Gasteiger partial charge is 0.328 e. The Bertz CT molecular complexity index is 147. The van der Waals surface area contributed by atoms with Crippen molar-refractivity contribution in [1.82, 2.24) is 16.1 Å². The predicted octanol–water partition coefficient (Wildman–Crippen LogP) is -1.70. The van der Waals surface area contributed by atoms with Crippen LogP contribution in [0.1, 0.15) is 6.92 Å². The molecule has 0 heterocycles. The highest BCUT2D eigenvalue weighted by Crippen LogP contribution is 1.61. The summed E-state index contributed by atoms with van der Waals surface area (Å²) < 4.78 is 0. The van der Waals surface area contributed by atoms with Crippen LogP contribution in [0.15, 0.2) is 0 Å². The Morgan fingerprint density at radius 3 is 2.27 bits per heavy atom. The van der Waals surface area contributed by atoms with Gasteiger partial charge in [0, 0.05) is 20.0 Å². The molecule has 0 aliphatic heterocycles. The van der Waals surface area contributed by atoms with Crippen LogP contribution in [0.4, 0.5) is 4.79 Å². The Morgan fingerprint density at radius 2 is 1.82 bits per heavy atom. The zero-order chi connectivity index (χ0) is 8.69. The molecule has 0 atom stereocenters. The Morgan fingerprint density at radius 1 is 1.27 bits per heavy atom. The molecule has 5 N–H and O–H groups in total. The fourth-order valence-corrected chi connectivity index (χ4v) is 0.466. The first-order valence-electron chi connectivity index (χ1n) is 3.15. The summed E-state index contributed by atoms with van der Waals surface area (Å²) in [5, 5.41) is 4.90. The third-order valence-electron chi connectivity index (χ3n) is 0.916. The van der Waals surface area contributed by atoms with Crippen LogP contribution in [0.2, 0.25) is 0 Å². The quantitative estimate of drug-likeness (QED) is 0.171. The molecule has 0 rings (SSSR count). The van der Waals surface area contributed by atoms with Gasteiger partial charge in [0.15, 0.2) is 0 Å². The first kappa shape index (κ1) is 9.70. The van der Waals surface area contributed by atoms with Gasteiger partial charge >= 0.3 is 6.03 Å². The monoisotopic (exact) mass is 160 g/mol. The third kappa shape index (κ3) is 6.59. The van der Waals surface area contributed by atoms with Crippen molar-refractivity contribution in [3.05, 3.63) is 0 Å². The summed E-state index contributed by atoms with van der Waals surface area (Å²) in [6.07, 6.45) is 0. The minimum Gasteiger partial charge on any atom is -0.355 e. The van der Waals surface area contributed by atoms with Gasteiger partial charge in [0.2, 0.25) is 5.91 Å². The molecule has 11 heavy (non-hydrogen) atoms. The lowest BCUT2D eigenvalue weighted by Gasteiger charge is -2.03. The number of hydrogen-bond donors (Lipinski definition) is 4. The van der Waals surface area contributed by atoms with Crippen molar-refractivity contribution >= 4 is 11.9 Å². The molecule has 0 fully saturated rings. The number of rotatable bonds is 3. The highest BCUT2D eigenvalue weighted by molar-refractivity contribution is 5.74. The second-order valence-corrected chi connectivity index (χ2v) is 1.88. The van der Waals surface area contributed by atoms with E-state index in [0.717, 1.165) is 0 Å². The van der Waals surface area contributed by atoms with E-state index in [0.29, 0.717) is 13.1 Å². The topological polar surface area (TPSA) is 96.2 Å². The molecule has 0 aromatic carbocycles. The Balaban J connectivity index is 3.14. The van der Waals surface area contributed by atoms with Crippen LogP contribution in [0.3, 0.4) is 0 Å². The van der Waals surface area contributed by atoms with Crippen LogP contribution in [-0.2, 0) is 4.79 Å². The minimum absolute atomic E-state index is 0.125. The summed E-state index contributed by atoms with van der Waals surface area (Å²) in [6, 6.07) is -0.463. The van der Waals surface area contributed by atoms with Crippen molar-refractivity contribution in [2.24, 2.45) is 5.84 Å². The van der Waals surface area contributed by atoms with Gasteiger partial charge in [-0.15, -0.1) is 0 Å². The van der Waals surface area contributed by atoms with Crippen molar-refractivity contribution in [2.75, 3.05) is 13.1 Å². The van der Waals surface area contributed by atoms with Crippen LogP contribution in [0, 0.1) is 0 Å². The van der Waals surface area contributed by atoms with Gasteiger partial charge in [-0.2, -0.15) is 0 Å². The number of amides is 3. The molecule has 0 saturated heterocycles. The maximum atomic E-state index is 10.4. The molecule has 0 saturated carbocycles. The zero-order valence-corrected chi connectivity index (χ0v) is 6.31. The molecule has 0 spiro atoms. The molecular weight excluding hydrogens is 148 g/mol. The molecule has 6 heteroatoms. The van der Waals surface area contributed by atoms with Crippen molar-refractivity contribution < 1.29 is 9.59 Å². The normalized spacial score (nSPS) is 8.55. The number of urea groups is 1. The zero-order valence-electron chi connectivity index (χ0n) is 6.31. The van der Waals surface area contributed by atoms with Gasteiger partial charge in [0.1, 0.15) is 0 Å². The van der Waals surface area contributed by atoms with E-state index >= 15 is 0 Å². The molecule has 0 aliphatic carbocycles. The first-order chi connectivity index (χ1) is 5.16. The van der Waals surface area contributed by atoms with E-state index in [2.05, 4.69) is 10.6 Å². The summed E-state index contributed by atoms with van der Waals surface area (Å²) >= 11 is 0. The summed E-state index contributed by atoms with van der Waals surface area (Å²) in [6.45, 7) is 2.17. The summed E-state index contributed by atoms with van der Waals surface area (Å²) in [5.74, 6) is 4.64. The maximum Gasteiger partial charge on any atom is 0.328 e. The van der Waals surface area contributed by atoms with Gasteiger partial charge in [-0.25, -0.2) is 10.6 Å². The van der Waals surface area contributed by atoms with E-state index in [4.69, 9.17) is 5.84 Å². The van der Waals surface area contributed by atoms with Gasteiger partial charge in [0.05, 0.1) is 0 Å². The van der Waals surface area contributed by atoms with Crippen LogP contribution in [-0.4, -0.2) is 25.0 Å². The summed E-state index contributed by atoms with van der Waals surface area (Å²) in [5.41, 5.74) is 1.89. The van der Waals surface area contributed by atoms with Crippen LogP contribution >= 0.6 is 0 Å². The largest absolute Gasteiger partial charge is 0.355 e. The number of nitrogens with one attached hydrogen (secondary N) is 3. The van der Waals surface area contributed by atoms with E-state index in [1.165, 1.54) is 6.92 Å². The Hall–Kier alpha value is -1.30. The molecule has 0 bridgehead atoms. The summed E-state index contributed by atoms with van der Waals surface area (Å²) in [4.78, 5) is 20.7. The SMILES string of the molecule is CC(=O)NCCNC(=O)NN. The van der Waals surface area contributed by atoms with Crippen molar-refractivity contribution in [3.8, 4) is 0 Å². The van der Waals surface area contributed by atoms with Crippen molar-refractivity contribution in [3.63, 3.8) is 0 Å². The first-order valence-corrected chi connectivity index (χ1v) is 3.15. The van der Waals surface area contributed by atoms with E-state index in [1.54, 1.807) is 0 Å². The van der Waals surface area contributed by atoms with Crippen LogP contribution < -0.4 is 21.9 Å². The molecule has 0 aromatic heterocycles. The Kier molecular flexibility index (Phi) is 4.83. The lowest BCUT2D eigenvalue weighted by Crippen LogP contribution is -2.42. The lowest BCUT2D eigenvalue weighted by atomic mass is 10.6. The van der Waals surface area contributed by atoms with E-state index in [-0.39, 0.29) is 5.91 Å². The molecule has 64 valence electrons. The fraction of sp³-hybridized carbons (Fsp3) is 0.600. The van der Waals surface area contributed by atoms with Gasteiger partial charge in [-0.1, -0.05) is 0 Å². The van der Waals surface area contributed by atoms with Crippen molar-refractivity contribution in [1.29, 1.82) is 0 Å². The number of hydrogen-bond acceptors (Lipinski definition) is 3. The Labute approximate surface area is 64.5 Å². The van der Waals surface area contributed by atoms with Gasteiger partial charge in [-0.3, -0.25) is 10.2 Å². The lowest BCUT2D eigenvalue weighted by molar-refractivity contribution is -0.118. The molecule has 6 nitrogen and oxygen atoms in total. The molecular formula is C5H12N4O2. The second-order valence-electron chi connectivity index (χ2n) is 1.88. The van der Waals surface area contributed by atoms with Gasteiger partial charge < -0.3 is 10.6 Å². The number of carbonyl (C=O) groups excluding carboxylic acids is 2. The predicted molar refractivity (Wildman–Crippen MR) is 39.4 cm³/mol. The maximum absolute atomic E-state index is 10.4. The minimum atomic E-state index is -0.463. The van der Waals surface area contributed by atoms with Gasteiger partial charge in [0.25, 0.3) is 0 Å². The van der Waals surface area contributed by atoms with Crippen LogP contribution in [0.5, 0.6) is 0 Å². The number of carbonyl (C=O) groups is 2. The molecule has 0 aliphatic rings. The molecule has 0 radical (unpaired) electrons. The number of hydrazine groups is 1. The summed E-state index contributed by atoms with van der Waals surface area (Å²) in [7, 11) is 0. The second kappa shape index (κ2) is 5.48. The average Bonchev–Trinajstić information content (AvgIpc) is 1.97. The highest BCUT2D eigenvalue weighted by atomic mass is 16.2. The molecule has 3 amide bonds. The van der Waals surface area contributed by atoms with Crippen molar-refractivity contribution in [2.45, 2.75) is 6.92 Å². The highest BCUT2D eigenvalue weighted by Gasteiger charge is 1.94. The standard InChI is InChI=1S/C5H12N4O2/c1-4(10)7-2-3-8-5(11)9-6/h2-3,6H2,1H3,(H,7,10)(H2,8,9,11). The fourth-order valence-electron chi connectivity index (χ4n) is 0.466. The van der Waals surface area contributed by atoms with E-state index in [9.17, 15) is 9.59 Å². The molecule has 0 unspecified atom stereocenters. The third-order valence-corrected chi connectivity index (χ3v) is 0.916. The number of nitrogens with two attached hydrogens (primary N) is 1. The average molecular weight is 160 g/mol. The van der Waals surface area contributed by atoms with E-state index in [1.807, 2.05) is 5.43 Å². The van der Waals surface area contributed by atoms with E-state index < -0.39 is 6.03 Å². The molecule has 0 aromatic rings. The van der Waals surface area contributed by atoms with Gasteiger partial charge in [-0.05, 0) is 0 Å². The van der Waals surface area contributed by atoms with Crippen LogP contribution in [0.25, 0.3) is 0 Å².